The highest BCUT2D eigenvalue weighted by molar-refractivity contribution is 7.88. The predicted octanol–water partition coefficient (Wildman–Crippen LogP) is 3.78. The summed E-state index contributed by atoms with van der Waals surface area (Å²) in [5.41, 5.74) is -2.96. The summed E-state index contributed by atoms with van der Waals surface area (Å²) in [6, 6.07) is 10.7. The van der Waals surface area contributed by atoms with Gasteiger partial charge < -0.3 is 4.90 Å². The summed E-state index contributed by atoms with van der Waals surface area (Å²) in [7, 11) is -3.86. The molecular weight excluding hydrogens is 453 g/mol. The Hall–Kier alpha value is -2.39. The summed E-state index contributed by atoms with van der Waals surface area (Å²) < 4.78 is 72.3. The molecule has 2 saturated heterocycles. The van der Waals surface area contributed by atoms with Gasteiger partial charge in [0.25, 0.3) is 5.91 Å². The van der Waals surface area contributed by atoms with Crippen molar-refractivity contribution in [2.75, 3.05) is 6.26 Å². The number of hydrogen-bond acceptors (Lipinski definition) is 3. The lowest BCUT2D eigenvalue weighted by Gasteiger charge is -2.61. The summed E-state index contributed by atoms with van der Waals surface area (Å²) in [6.07, 6.45) is 0.555. The number of carbonyl (C=O) groups excluding carboxylic acids is 1. The number of alkyl halides is 2. The summed E-state index contributed by atoms with van der Waals surface area (Å²) in [5.74, 6) is -1.40. The third-order valence-electron chi connectivity index (χ3n) is 6.52. The number of carbonyl (C=O) groups is 1. The first-order chi connectivity index (χ1) is 15.3. The average Bonchev–Trinajstić information content (AvgIpc) is 2.69. The second kappa shape index (κ2) is 8.13. The number of amides is 1. The standard InChI is InChI=1S/C24H27F3N2O3S/c1-23(2,26)22(30)29-17-13-24(27,14-17)21(28-33(3,31)32)19(29)12-16-10-7-11-18(20(16)25)15-8-5-4-6-9-15/h4-11,17,19,21,28H,12-14H2,1-3H3/t17?,19-,21+,24?/m0/s1. The van der Waals surface area contributed by atoms with Gasteiger partial charge in [0.1, 0.15) is 11.5 Å². The molecule has 0 radical (unpaired) electrons. The predicted molar refractivity (Wildman–Crippen MR) is 120 cm³/mol. The molecule has 1 amide bonds. The first-order valence-electron chi connectivity index (χ1n) is 10.8. The van der Waals surface area contributed by atoms with Crippen LogP contribution in [0, 0.1) is 5.82 Å². The number of piperidine rings is 2. The first-order valence-corrected chi connectivity index (χ1v) is 12.7. The molecular formula is C24H27F3N2O3S. The van der Waals surface area contributed by atoms with E-state index in [9.17, 15) is 17.6 Å². The highest BCUT2D eigenvalue weighted by Gasteiger charge is 2.64. The maximum atomic E-state index is 15.6. The second-order valence-electron chi connectivity index (χ2n) is 9.57. The molecule has 2 aliphatic heterocycles. The van der Waals surface area contributed by atoms with Crippen LogP contribution in [0.5, 0.6) is 0 Å². The zero-order valence-corrected chi connectivity index (χ0v) is 19.5. The van der Waals surface area contributed by atoms with E-state index >= 15 is 8.78 Å². The van der Waals surface area contributed by atoms with Crippen LogP contribution in [0.1, 0.15) is 32.3 Å². The van der Waals surface area contributed by atoms with Crippen molar-refractivity contribution in [3.8, 4) is 11.1 Å². The fourth-order valence-corrected chi connectivity index (χ4v) is 5.84. The minimum Gasteiger partial charge on any atom is -0.332 e. The van der Waals surface area contributed by atoms with Gasteiger partial charge >= 0.3 is 0 Å². The SMILES string of the molecule is CC(C)(F)C(=O)N1C2CC(F)(C2)[C@H](NS(C)(=O)=O)[C@@H]1Cc1cccc(-c2ccccc2)c1F. The Bertz CT molecular complexity index is 1160. The molecule has 0 unspecified atom stereocenters. The van der Waals surface area contributed by atoms with E-state index in [2.05, 4.69) is 4.72 Å². The van der Waals surface area contributed by atoms with Crippen molar-refractivity contribution in [3.63, 3.8) is 0 Å². The smallest absolute Gasteiger partial charge is 0.260 e. The molecule has 2 atom stereocenters. The van der Waals surface area contributed by atoms with Gasteiger partial charge in [-0.05, 0) is 31.4 Å². The molecule has 5 nitrogen and oxygen atoms in total. The van der Waals surface area contributed by atoms with Gasteiger partial charge in [-0.1, -0.05) is 48.5 Å². The van der Waals surface area contributed by atoms with Crippen LogP contribution in [0.15, 0.2) is 48.5 Å². The molecule has 178 valence electrons. The summed E-state index contributed by atoms with van der Waals surface area (Å²) in [4.78, 5) is 14.2. The molecule has 1 aliphatic carbocycles. The normalized spacial score (nSPS) is 27.2. The molecule has 5 rings (SSSR count). The van der Waals surface area contributed by atoms with Gasteiger partial charge in [-0.3, -0.25) is 4.79 Å². The molecule has 33 heavy (non-hydrogen) atoms. The van der Waals surface area contributed by atoms with Crippen LogP contribution in [0.4, 0.5) is 13.2 Å². The van der Waals surface area contributed by atoms with E-state index in [0.717, 1.165) is 20.1 Å². The van der Waals surface area contributed by atoms with Crippen molar-refractivity contribution in [2.24, 2.45) is 0 Å². The minimum absolute atomic E-state index is 0.0922. The number of nitrogens with zero attached hydrogens (tertiary/aromatic N) is 1. The first kappa shape index (κ1) is 23.8. The van der Waals surface area contributed by atoms with Crippen LogP contribution in [-0.4, -0.2) is 54.9 Å². The Morgan fingerprint density at radius 3 is 2.36 bits per heavy atom. The molecule has 1 N–H and O–H groups in total. The fraction of sp³-hybridized carbons (Fsp3) is 0.458. The minimum atomic E-state index is -3.86. The molecule has 0 aromatic heterocycles. The molecule has 2 bridgehead atoms. The van der Waals surface area contributed by atoms with Gasteiger partial charge in [0.05, 0.1) is 18.3 Å². The van der Waals surface area contributed by atoms with Crippen molar-refractivity contribution in [2.45, 2.75) is 62.6 Å². The van der Waals surface area contributed by atoms with E-state index in [1.54, 1.807) is 36.4 Å². The molecule has 2 heterocycles. The summed E-state index contributed by atoms with van der Waals surface area (Å²) in [5, 5.41) is 0. The number of hydrogen-bond donors (Lipinski definition) is 1. The van der Waals surface area contributed by atoms with E-state index < -0.39 is 51.2 Å². The fourth-order valence-electron chi connectivity index (χ4n) is 5.01. The lowest BCUT2D eigenvalue weighted by Crippen LogP contribution is -2.78. The molecule has 2 aromatic rings. The van der Waals surface area contributed by atoms with Crippen LogP contribution >= 0.6 is 0 Å². The Morgan fingerprint density at radius 2 is 1.79 bits per heavy atom. The monoisotopic (exact) mass is 480 g/mol. The van der Waals surface area contributed by atoms with Gasteiger partial charge in [-0.2, -0.15) is 0 Å². The summed E-state index contributed by atoms with van der Waals surface area (Å²) in [6.45, 7) is 2.22. The lowest BCUT2D eigenvalue weighted by molar-refractivity contribution is -0.176. The number of rotatable bonds is 6. The maximum absolute atomic E-state index is 15.6. The molecule has 2 aromatic carbocycles. The quantitative estimate of drug-likeness (QED) is 0.684. The summed E-state index contributed by atoms with van der Waals surface area (Å²) >= 11 is 0. The molecule has 0 spiro atoms. The Balaban J connectivity index is 1.77. The molecule has 3 fully saturated rings. The van der Waals surface area contributed by atoms with Crippen molar-refractivity contribution >= 4 is 15.9 Å². The molecule has 1 saturated carbocycles. The van der Waals surface area contributed by atoms with Crippen molar-refractivity contribution < 1.29 is 26.4 Å². The van der Waals surface area contributed by atoms with E-state index in [0.29, 0.717) is 11.1 Å². The zero-order chi connectivity index (χ0) is 24.2. The number of nitrogens with one attached hydrogen (secondary N) is 1. The number of sulfonamides is 1. The number of fused-ring (bicyclic) bond motifs is 2. The van der Waals surface area contributed by atoms with Gasteiger partial charge in [0, 0.05) is 24.4 Å². The average molecular weight is 481 g/mol. The largest absolute Gasteiger partial charge is 0.332 e. The van der Waals surface area contributed by atoms with Crippen molar-refractivity contribution in [3.05, 3.63) is 59.9 Å². The molecule has 3 aliphatic rings. The van der Waals surface area contributed by atoms with Crippen molar-refractivity contribution in [1.82, 2.24) is 9.62 Å². The lowest BCUT2D eigenvalue weighted by atomic mass is 9.64. The van der Waals surface area contributed by atoms with Crippen LogP contribution in [0.25, 0.3) is 11.1 Å². The van der Waals surface area contributed by atoms with Crippen LogP contribution in [0.2, 0.25) is 0 Å². The Morgan fingerprint density at radius 1 is 1.15 bits per heavy atom. The van der Waals surface area contributed by atoms with Crippen molar-refractivity contribution in [1.29, 1.82) is 0 Å². The van der Waals surface area contributed by atoms with Crippen LogP contribution in [-0.2, 0) is 21.2 Å². The van der Waals surface area contributed by atoms with E-state index in [1.807, 2.05) is 6.07 Å². The van der Waals surface area contributed by atoms with Gasteiger partial charge in [0.2, 0.25) is 10.0 Å². The second-order valence-corrected chi connectivity index (χ2v) is 11.3. The third-order valence-corrected chi connectivity index (χ3v) is 7.20. The van der Waals surface area contributed by atoms with E-state index in [4.69, 9.17) is 0 Å². The van der Waals surface area contributed by atoms with Gasteiger partial charge in [-0.25, -0.2) is 26.3 Å². The zero-order valence-electron chi connectivity index (χ0n) is 18.7. The van der Waals surface area contributed by atoms with Crippen LogP contribution in [0.3, 0.4) is 0 Å². The van der Waals surface area contributed by atoms with Gasteiger partial charge in [0.15, 0.2) is 5.67 Å². The van der Waals surface area contributed by atoms with E-state index in [1.165, 1.54) is 11.0 Å². The molecule has 9 heteroatoms. The number of halogens is 3. The maximum Gasteiger partial charge on any atom is 0.260 e. The third kappa shape index (κ3) is 4.53. The number of benzene rings is 2. The Kier molecular flexibility index (Phi) is 5.85. The van der Waals surface area contributed by atoms with E-state index in [-0.39, 0.29) is 24.8 Å². The van der Waals surface area contributed by atoms with Crippen LogP contribution < -0.4 is 4.72 Å². The Labute approximate surface area is 192 Å². The highest BCUT2D eigenvalue weighted by atomic mass is 32.2. The topological polar surface area (TPSA) is 66.5 Å². The highest BCUT2D eigenvalue weighted by Crippen LogP contribution is 2.51. The van der Waals surface area contributed by atoms with Gasteiger partial charge in [-0.15, -0.1) is 0 Å².